The summed E-state index contributed by atoms with van der Waals surface area (Å²) in [5.41, 5.74) is 0.960. The third kappa shape index (κ3) is 3.43. The summed E-state index contributed by atoms with van der Waals surface area (Å²) < 4.78 is 15.8. The number of ether oxygens (including phenoxy) is 3. The molecule has 6 heteroatoms. The highest BCUT2D eigenvalue weighted by Crippen LogP contribution is 2.38. The van der Waals surface area contributed by atoms with Gasteiger partial charge in [0.25, 0.3) is 0 Å². The van der Waals surface area contributed by atoms with Crippen LogP contribution in [0.25, 0.3) is 12.2 Å². The molecule has 0 aliphatic heterocycles. The Bertz CT molecular complexity index is 754. The number of rotatable bonds is 6. The van der Waals surface area contributed by atoms with Gasteiger partial charge in [0.2, 0.25) is 5.75 Å². The molecule has 0 saturated heterocycles. The molecule has 0 atom stereocenters. The van der Waals surface area contributed by atoms with Crippen LogP contribution < -0.4 is 14.2 Å². The van der Waals surface area contributed by atoms with Crippen molar-refractivity contribution in [2.75, 3.05) is 21.3 Å². The molecule has 0 aromatic heterocycles. The molecule has 24 heavy (non-hydrogen) atoms. The van der Waals surface area contributed by atoms with Crippen molar-refractivity contribution in [1.82, 2.24) is 0 Å². The average Bonchev–Trinajstić information content (AvgIpc) is 2.58. The molecule has 0 spiro atoms. The van der Waals surface area contributed by atoms with E-state index in [4.69, 9.17) is 14.2 Å². The first kappa shape index (κ1) is 17.2. The number of phenols is 1. The lowest BCUT2D eigenvalue weighted by Gasteiger charge is -2.13. The number of aromatic hydroxyl groups is 1. The van der Waals surface area contributed by atoms with Crippen molar-refractivity contribution in [3.63, 3.8) is 0 Å². The van der Waals surface area contributed by atoms with Gasteiger partial charge in [-0.25, -0.2) is 4.79 Å². The molecule has 0 unspecified atom stereocenters. The Hall–Kier alpha value is -3.15. The Kier molecular flexibility index (Phi) is 5.31. The molecule has 2 aromatic carbocycles. The summed E-state index contributed by atoms with van der Waals surface area (Å²) in [7, 11) is 4.55. The molecular weight excluding hydrogens is 312 g/mol. The minimum atomic E-state index is -1.20. The number of aromatic carboxylic acids is 1. The van der Waals surface area contributed by atoms with E-state index in [0.717, 1.165) is 5.56 Å². The topological polar surface area (TPSA) is 85.2 Å². The Morgan fingerprint density at radius 2 is 1.62 bits per heavy atom. The maximum absolute atomic E-state index is 11.3. The van der Waals surface area contributed by atoms with Gasteiger partial charge < -0.3 is 24.4 Å². The van der Waals surface area contributed by atoms with E-state index in [1.165, 1.54) is 27.4 Å². The van der Waals surface area contributed by atoms with Crippen LogP contribution in [0.15, 0.2) is 30.3 Å². The fourth-order valence-electron chi connectivity index (χ4n) is 2.31. The minimum Gasteiger partial charge on any atom is -0.507 e. The van der Waals surface area contributed by atoms with E-state index in [1.807, 2.05) is 0 Å². The Morgan fingerprint density at radius 3 is 2.12 bits per heavy atom. The number of carbonyl (C=O) groups is 1. The molecule has 6 nitrogen and oxygen atoms in total. The van der Waals surface area contributed by atoms with E-state index in [2.05, 4.69) is 0 Å². The van der Waals surface area contributed by atoms with E-state index < -0.39 is 5.97 Å². The van der Waals surface area contributed by atoms with E-state index in [-0.39, 0.29) is 11.3 Å². The summed E-state index contributed by atoms with van der Waals surface area (Å²) in [4.78, 5) is 11.3. The highest BCUT2D eigenvalue weighted by molar-refractivity contribution is 5.96. The molecule has 2 rings (SSSR count). The SMILES string of the molecule is COc1cc(/C=C/c2cccc(O)c2C(=O)O)cc(OC)c1OC. The zero-order chi connectivity index (χ0) is 17.7. The van der Waals surface area contributed by atoms with Gasteiger partial charge in [-0.15, -0.1) is 0 Å². The first-order valence-electron chi connectivity index (χ1n) is 7.05. The van der Waals surface area contributed by atoms with Gasteiger partial charge in [0.05, 0.1) is 21.3 Å². The van der Waals surface area contributed by atoms with Crippen LogP contribution >= 0.6 is 0 Å². The van der Waals surface area contributed by atoms with Crippen LogP contribution in [0.4, 0.5) is 0 Å². The molecule has 0 radical (unpaired) electrons. The molecule has 126 valence electrons. The third-order valence-corrected chi connectivity index (χ3v) is 3.43. The number of carboxylic acid groups (broad SMARTS) is 1. The third-order valence-electron chi connectivity index (χ3n) is 3.43. The largest absolute Gasteiger partial charge is 0.507 e. The lowest BCUT2D eigenvalue weighted by atomic mass is 10.0. The van der Waals surface area contributed by atoms with Crippen molar-refractivity contribution in [1.29, 1.82) is 0 Å². The normalized spacial score (nSPS) is 10.6. The van der Waals surface area contributed by atoms with Gasteiger partial charge in [-0.3, -0.25) is 0 Å². The molecule has 0 bridgehead atoms. The lowest BCUT2D eigenvalue weighted by molar-refractivity contribution is 0.0693. The molecule has 0 heterocycles. The summed E-state index contributed by atoms with van der Waals surface area (Å²) in [5, 5.41) is 18.9. The standard InChI is InChI=1S/C18H18O6/c1-22-14-9-11(10-15(23-2)17(14)24-3)7-8-12-5-4-6-13(19)16(12)18(20)21/h4-10,19H,1-3H3,(H,20,21)/b8-7+. The van der Waals surface area contributed by atoms with Crippen molar-refractivity contribution >= 4 is 18.1 Å². The number of carboxylic acids is 1. The Balaban J connectivity index is 2.47. The van der Waals surface area contributed by atoms with Crippen LogP contribution in [-0.2, 0) is 0 Å². The first-order chi connectivity index (χ1) is 11.5. The molecule has 2 N–H and O–H groups in total. The van der Waals surface area contributed by atoms with Crippen LogP contribution in [0.5, 0.6) is 23.0 Å². The summed E-state index contributed by atoms with van der Waals surface area (Å²) in [6.07, 6.45) is 3.30. The minimum absolute atomic E-state index is 0.152. The zero-order valence-corrected chi connectivity index (χ0v) is 13.6. The second-order valence-electron chi connectivity index (χ2n) is 4.84. The summed E-state index contributed by atoms with van der Waals surface area (Å²) >= 11 is 0. The first-order valence-corrected chi connectivity index (χ1v) is 7.05. The van der Waals surface area contributed by atoms with E-state index in [9.17, 15) is 15.0 Å². The van der Waals surface area contributed by atoms with Gasteiger partial charge in [-0.2, -0.15) is 0 Å². The van der Waals surface area contributed by atoms with E-state index in [0.29, 0.717) is 22.8 Å². The fraction of sp³-hybridized carbons (Fsp3) is 0.167. The van der Waals surface area contributed by atoms with Crippen LogP contribution in [0.1, 0.15) is 21.5 Å². The quantitative estimate of drug-likeness (QED) is 0.791. The Morgan fingerprint density at radius 1 is 1.00 bits per heavy atom. The predicted molar refractivity (Wildman–Crippen MR) is 90.1 cm³/mol. The van der Waals surface area contributed by atoms with Gasteiger partial charge in [-0.1, -0.05) is 24.3 Å². The summed E-state index contributed by atoms with van der Waals surface area (Å²) in [6, 6.07) is 8.00. The zero-order valence-electron chi connectivity index (χ0n) is 13.6. The predicted octanol–water partition coefficient (Wildman–Crippen LogP) is 3.29. The van der Waals surface area contributed by atoms with Crippen molar-refractivity contribution in [3.05, 3.63) is 47.0 Å². The molecule has 0 fully saturated rings. The molecule has 0 aliphatic carbocycles. The average molecular weight is 330 g/mol. The van der Waals surface area contributed by atoms with Crippen LogP contribution in [0, 0.1) is 0 Å². The van der Waals surface area contributed by atoms with Crippen LogP contribution in [0.2, 0.25) is 0 Å². The monoisotopic (exact) mass is 330 g/mol. The number of hydrogen-bond donors (Lipinski definition) is 2. The van der Waals surface area contributed by atoms with Crippen LogP contribution in [-0.4, -0.2) is 37.5 Å². The molecule has 0 aliphatic rings. The number of benzene rings is 2. The number of methoxy groups -OCH3 is 3. The fourth-order valence-corrected chi connectivity index (χ4v) is 2.31. The van der Waals surface area contributed by atoms with Gasteiger partial charge in [0, 0.05) is 0 Å². The number of hydrogen-bond acceptors (Lipinski definition) is 5. The molecule has 0 saturated carbocycles. The Labute approximate surface area is 139 Å². The van der Waals surface area contributed by atoms with Crippen molar-refractivity contribution in [2.24, 2.45) is 0 Å². The van der Waals surface area contributed by atoms with Crippen LogP contribution in [0.3, 0.4) is 0 Å². The lowest BCUT2D eigenvalue weighted by Crippen LogP contribution is -1.99. The van der Waals surface area contributed by atoms with Gasteiger partial charge in [-0.05, 0) is 29.3 Å². The molecule has 2 aromatic rings. The van der Waals surface area contributed by atoms with Gasteiger partial charge in [0.15, 0.2) is 11.5 Å². The maximum atomic E-state index is 11.3. The highest BCUT2D eigenvalue weighted by atomic mass is 16.5. The second kappa shape index (κ2) is 7.41. The smallest absolute Gasteiger partial charge is 0.340 e. The molecular formula is C18H18O6. The van der Waals surface area contributed by atoms with E-state index in [1.54, 1.807) is 36.4 Å². The van der Waals surface area contributed by atoms with Crippen molar-refractivity contribution < 1.29 is 29.2 Å². The van der Waals surface area contributed by atoms with E-state index >= 15 is 0 Å². The summed E-state index contributed by atoms with van der Waals surface area (Å²) in [6.45, 7) is 0. The summed E-state index contributed by atoms with van der Waals surface area (Å²) in [5.74, 6) is -0.0235. The van der Waals surface area contributed by atoms with Crippen molar-refractivity contribution in [3.8, 4) is 23.0 Å². The van der Waals surface area contributed by atoms with Gasteiger partial charge >= 0.3 is 5.97 Å². The van der Waals surface area contributed by atoms with Crippen molar-refractivity contribution in [2.45, 2.75) is 0 Å². The maximum Gasteiger partial charge on any atom is 0.340 e. The van der Waals surface area contributed by atoms with Gasteiger partial charge in [0.1, 0.15) is 11.3 Å². The molecule has 0 amide bonds. The highest BCUT2D eigenvalue weighted by Gasteiger charge is 2.14. The second-order valence-corrected chi connectivity index (χ2v) is 4.84.